The summed E-state index contributed by atoms with van der Waals surface area (Å²) < 4.78 is 20.9. The second kappa shape index (κ2) is 11.0. The Hall–Kier alpha value is -3.97. The summed E-state index contributed by atoms with van der Waals surface area (Å²) in [4.78, 5) is 19.7. The number of rotatable bonds is 7. The maximum Gasteiger partial charge on any atom is 0.355 e. The highest BCUT2D eigenvalue weighted by atomic mass is 19.1. The van der Waals surface area contributed by atoms with Crippen LogP contribution in [0.15, 0.2) is 79.1 Å². The number of carbonyl (C=O) groups is 1. The molecule has 7 heteroatoms. The second-order valence-corrected chi connectivity index (χ2v) is 9.42. The first kappa shape index (κ1) is 24.7. The third kappa shape index (κ3) is 5.27. The standard InChI is InChI=1S/C30H31FN4O2/c1-34-28(30(36)37-2)26(22-8-10-24(31)11-9-22)27(23-12-16-32-17-13-23)29(34)33-25-14-18-35(19-15-25)20-21-6-4-3-5-7-21/h3-13,16-17,25,33H,14-15,18-20H2,1-2H3. The number of ether oxygens (including phenoxy) is 1. The number of aromatic nitrogens is 2. The summed E-state index contributed by atoms with van der Waals surface area (Å²) in [5, 5.41) is 3.76. The second-order valence-electron chi connectivity index (χ2n) is 9.42. The molecule has 0 aliphatic carbocycles. The third-order valence-corrected chi connectivity index (χ3v) is 7.05. The van der Waals surface area contributed by atoms with Gasteiger partial charge >= 0.3 is 5.97 Å². The largest absolute Gasteiger partial charge is 0.464 e. The number of hydrogen-bond donors (Lipinski definition) is 1. The first-order chi connectivity index (χ1) is 18.0. The number of nitrogens with one attached hydrogen (secondary N) is 1. The van der Waals surface area contributed by atoms with Crippen molar-refractivity contribution >= 4 is 11.8 Å². The molecule has 1 saturated heterocycles. The number of anilines is 1. The van der Waals surface area contributed by atoms with Gasteiger partial charge in [-0.25, -0.2) is 9.18 Å². The van der Waals surface area contributed by atoms with Gasteiger partial charge in [-0.1, -0.05) is 42.5 Å². The van der Waals surface area contributed by atoms with E-state index in [0.29, 0.717) is 11.3 Å². The molecular formula is C30H31FN4O2. The Bertz CT molecular complexity index is 1350. The van der Waals surface area contributed by atoms with Crippen molar-refractivity contribution in [2.24, 2.45) is 7.05 Å². The molecule has 0 spiro atoms. The summed E-state index contributed by atoms with van der Waals surface area (Å²) in [5.74, 6) is 0.0701. The minimum Gasteiger partial charge on any atom is -0.464 e. The van der Waals surface area contributed by atoms with Crippen molar-refractivity contribution in [3.8, 4) is 22.3 Å². The van der Waals surface area contributed by atoms with Crippen LogP contribution in [-0.2, 0) is 18.3 Å². The maximum atomic E-state index is 13.8. The molecule has 5 rings (SSSR count). The van der Waals surface area contributed by atoms with Crippen molar-refractivity contribution in [2.45, 2.75) is 25.4 Å². The van der Waals surface area contributed by atoms with Crippen LogP contribution in [0.2, 0.25) is 0 Å². The van der Waals surface area contributed by atoms with Crippen molar-refractivity contribution in [3.63, 3.8) is 0 Å². The van der Waals surface area contributed by atoms with Gasteiger partial charge < -0.3 is 14.6 Å². The van der Waals surface area contributed by atoms with Crippen LogP contribution in [0.25, 0.3) is 22.3 Å². The first-order valence-corrected chi connectivity index (χ1v) is 12.5. The van der Waals surface area contributed by atoms with Crippen LogP contribution in [-0.4, -0.2) is 46.7 Å². The molecule has 0 amide bonds. The summed E-state index contributed by atoms with van der Waals surface area (Å²) in [5.41, 5.74) is 5.00. The lowest BCUT2D eigenvalue weighted by Gasteiger charge is -2.33. The van der Waals surface area contributed by atoms with Crippen LogP contribution < -0.4 is 5.32 Å². The molecular weight excluding hydrogens is 467 g/mol. The minimum absolute atomic E-state index is 0.243. The Morgan fingerprint density at radius 2 is 1.62 bits per heavy atom. The van der Waals surface area contributed by atoms with Gasteiger partial charge in [-0.3, -0.25) is 9.88 Å². The van der Waals surface area contributed by atoms with Crippen molar-refractivity contribution in [1.82, 2.24) is 14.5 Å². The Labute approximate surface area is 216 Å². The lowest BCUT2D eigenvalue weighted by atomic mass is 9.96. The molecule has 2 aromatic heterocycles. The molecule has 4 aromatic rings. The summed E-state index contributed by atoms with van der Waals surface area (Å²) >= 11 is 0. The van der Waals surface area contributed by atoms with Gasteiger partial charge in [0.2, 0.25) is 0 Å². The van der Waals surface area contributed by atoms with E-state index < -0.39 is 5.97 Å². The van der Waals surface area contributed by atoms with Crippen LogP contribution in [0, 0.1) is 5.82 Å². The van der Waals surface area contributed by atoms with Gasteiger partial charge in [-0.15, -0.1) is 0 Å². The highest BCUT2D eigenvalue weighted by molar-refractivity contribution is 6.05. The molecule has 190 valence electrons. The molecule has 37 heavy (non-hydrogen) atoms. The molecule has 1 aliphatic rings. The highest BCUT2D eigenvalue weighted by Crippen LogP contribution is 2.43. The summed E-state index contributed by atoms with van der Waals surface area (Å²) in [6.07, 6.45) is 5.43. The monoisotopic (exact) mass is 498 g/mol. The number of pyridine rings is 1. The number of nitrogens with zero attached hydrogens (tertiary/aromatic N) is 3. The van der Waals surface area contributed by atoms with Crippen molar-refractivity contribution in [1.29, 1.82) is 0 Å². The first-order valence-electron chi connectivity index (χ1n) is 12.5. The van der Waals surface area contributed by atoms with Gasteiger partial charge in [0.25, 0.3) is 0 Å². The Morgan fingerprint density at radius 1 is 0.973 bits per heavy atom. The van der Waals surface area contributed by atoms with E-state index >= 15 is 0 Å². The smallest absolute Gasteiger partial charge is 0.355 e. The van der Waals surface area contributed by atoms with Gasteiger partial charge in [0, 0.05) is 56.2 Å². The average Bonchev–Trinajstić information content (AvgIpc) is 3.22. The topological polar surface area (TPSA) is 59.4 Å². The van der Waals surface area contributed by atoms with Gasteiger partial charge in [0.1, 0.15) is 17.3 Å². The van der Waals surface area contributed by atoms with Crippen LogP contribution in [0.4, 0.5) is 10.2 Å². The Morgan fingerprint density at radius 3 is 2.27 bits per heavy atom. The number of methoxy groups -OCH3 is 1. The number of benzene rings is 2. The highest BCUT2D eigenvalue weighted by Gasteiger charge is 2.30. The number of carbonyl (C=O) groups excluding carboxylic acids is 1. The zero-order valence-electron chi connectivity index (χ0n) is 21.2. The van der Waals surface area contributed by atoms with E-state index in [-0.39, 0.29) is 11.9 Å². The van der Waals surface area contributed by atoms with E-state index in [0.717, 1.165) is 55.0 Å². The predicted octanol–water partition coefficient (Wildman–Crippen LogP) is 5.76. The predicted molar refractivity (Wildman–Crippen MR) is 144 cm³/mol. The SMILES string of the molecule is COC(=O)c1c(-c2ccc(F)cc2)c(-c2ccncc2)c(NC2CCN(Cc3ccccc3)CC2)n1C. The molecule has 1 aliphatic heterocycles. The molecule has 2 aromatic carbocycles. The molecule has 0 atom stereocenters. The number of hydrogen-bond acceptors (Lipinski definition) is 5. The quantitative estimate of drug-likeness (QED) is 0.329. The van der Waals surface area contributed by atoms with E-state index in [2.05, 4.69) is 39.5 Å². The zero-order valence-corrected chi connectivity index (χ0v) is 21.2. The van der Waals surface area contributed by atoms with Gasteiger partial charge in [-0.2, -0.15) is 0 Å². The summed E-state index contributed by atoms with van der Waals surface area (Å²) in [6, 6.07) is 20.9. The van der Waals surface area contributed by atoms with E-state index in [4.69, 9.17) is 4.74 Å². The number of esters is 1. The van der Waals surface area contributed by atoms with Crippen LogP contribution in [0.1, 0.15) is 28.9 Å². The lowest BCUT2D eigenvalue weighted by Crippen LogP contribution is -2.39. The Kier molecular flexibility index (Phi) is 7.32. The van der Waals surface area contributed by atoms with E-state index in [1.165, 1.54) is 24.8 Å². The molecule has 0 saturated carbocycles. The van der Waals surface area contributed by atoms with Crippen LogP contribution >= 0.6 is 0 Å². The third-order valence-electron chi connectivity index (χ3n) is 7.05. The number of halogens is 1. The van der Waals surface area contributed by atoms with Crippen molar-refractivity contribution in [2.75, 3.05) is 25.5 Å². The molecule has 0 unspecified atom stereocenters. The average molecular weight is 499 g/mol. The fraction of sp³-hybridized carbons (Fsp3) is 0.267. The van der Waals surface area contributed by atoms with Gasteiger partial charge in [-0.05, 0) is 53.8 Å². The van der Waals surface area contributed by atoms with Gasteiger partial charge in [0.05, 0.1) is 7.11 Å². The number of likely N-dealkylation sites (tertiary alicyclic amines) is 1. The number of piperidine rings is 1. The van der Waals surface area contributed by atoms with Gasteiger partial charge in [0.15, 0.2) is 0 Å². The van der Waals surface area contributed by atoms with Crippen molar-refractivity contribution < 1.29 is 13.9 Å². The minimum atomic E-state index is -0.442. The summed E-state index contributed by atoms with van der Waals surface area (Å²) in [6.45, 7) is 2.91. The van der Waals surface area contributed by atoms with Crippen LogP contribution in [0.5, 0.6) is 0 Å². The van der Waals surface area contributed by atoms with Crippen molar-refractivity contribution in [3.05, 3.63) is 96.2 Å². The fourth-order valence-corrected chi connectivity index (χ4v) is 5.16. The molecule has 1 fully saturated rings. The molecule has 1 N–H and O–H groups in total. The Balaban J connectivity index is 1.50. The lowest BCUT2D eigenvalue weighted by molar-refractivity contribution is 0.0591. The van der Waals surface area contributed by atoms with Crippen LogP contribution in [0.3, 0.4) is 0 Å². The molecule has 0 radical (unpaired) electrons. The molecule has 3 heterocycles. The molecule has 0 bridgehead atoms. The fourth-order valence-electron chi connectivity index (χ4n) is 5.16. The zero-order chi connectivity index (χ0) is 25.8. The summed E-state index contributed by atoms with van der Waals surface area (Å²) in [7, 11) is 3.25. The van der Waals surface area contributed by atoms with E-state index in [1.807, 2.05) is 29.8 Å². The van der Waals surface area contributed by atoms with E-state index in [9.17, 15) is 9.18 Å². The van der Waals surface area contributed by atoms with E-state index in [1.54, 1.807) is 24.5 Å². The normalized spacial score (nSPS) is 14.5. The molecule has 6 nitrogen and oxygen atoms in total. The maximum absolute atomic E-state index is 13.8.